The highest BCUT2D eigenvalue weighted by atomic mass is 32.2. The maximum atomic E-state index is 12.8. The van der Waals surface area contributed by atoms with Crippen LogP contribution in [0, 0.1) is 29.6 Å². The lowest BCUT2D eigenvalue weighted by atomic mass is 10.0. The van der Waals surface area contributed by atoms with Crippen LogP contribution in [0.2, 0.25) is 0 Å². The monoisotopic (exact) mass is 763 g/mol. The summed E-state index contributed by atoms with van der Waals surface area (Å²) in [6.07, 6.45) is 4.57. The molecule has 0 heterocycles. The minimum atomic E-state index is -4.09. The molecule has 2 aliphatic carbocycles. The van der Waals surface area contributed by atoms with E-state index in [4.69, 9.17) is 14.2 Å². The highest BCUT2D eigenvalue weighted by Gasteiger charge is 2.35. The third kappa shape index (κ3) is 19.8. The number of ether oxygens (including phenoxy) is 4. The number of hydrogen-bond acceptors (Lipinski definition) is 11. The molecule has 5 N–H and O–H groups in total. The van der Waals surface area contributed by atoms with E-state index in [9.17, 15) is 32.4 Å². The lowest BCUT2D eigenvalue weighted by Crippen LogP contribution is -2.53. The van der Waals surface area contributed by atoms with E-state index in [0.717, 1.165) is 24.5 Å². The van der Waals surface area contributed by atoms with Gasteiger partial charge in [0.15, 0.2) is 0 Å². The molecule has 1 aromatic carbocycles. The lowest BCUT2D eigenvalue weighted by Gasteiger charge is -2.23. The number of alkyl carbamates (subject to hydrolysis) is 1. The lowest BCUT2D eigenvalue weighted by molar-refractivity contribution is -0.142. The number of hydrogen-bond donors (Lipinski definition) is 5. The van der Waals surface area contributed by atoms with Crippen LogP contribution in [-0.4, -0.2) is 83.9 Å². The quantitative estimate of drug-likeness (QED) is 0.0678. The first-order valence-electron chi connectivity index (χ1n) is 17.4. The van der Waals surface area contributed by atoms with Gasteiger partial charge in [-0.1, -0.05) is 39.8 Å². The van der Waals surface area contributed by atoms with E-state index in [2.05, 4.69) is 32.5 Å². The van der Waals surface area contributed by atoms with E-state index in [-0.39, 0.29) is 46.0 Å². The molecular weight excluding hydrogens is 698 g/mol. The van der Waals surface area contributed by atoms with Gasteiger partial charge in [0.2, 0.25) is 11.8 Å². The second kappa shape index (κ2) is 24.7. The van der Waals surface area contributed by atoms with Crippen molar-refractivity contribution >= 4 is 45.9 Å². The third-order valence-corrected chi connectivity index (χ3v) is 8.53. The summed E-state index contributed by atoms with van der Waals surface area (Å²) in [6.45, 7) is 9.79. The zero-order chi connectivity index (χ0) is 39.1. The van der Waals surface area contributed by atoms with Gasteiger partial charge in [-0.25, -0.2) is 14.3 Å². The number of amides is 4. The predicted octanol–water partition coefficient (Wildman–Crippen LogP) is 4.61. The fourth-order valence-corrected chi connectivity index (χ4v) is 5.36. The molecule has 1 fully saturated rings. The summed E-state index contributed by atoms with van der Waals surface area (Å²) in [4.78, 5) is 59.3. The zero-order valence-corrected chi connectivity index (χ0v) is 32.0. The number of nitrogens with one attached hydrogen (secondary N) is 5. The standard InChI is InChI=1S/C24H37N5O11S.C9H12.C2H6.5H2/c1-15(2)20(28-23(33)39-13-12-38-11-10-25-41(35,36)29-24(34)37-5)22(32)26-16(3)21(31)27-19-8-6-18(7-9-19)14-40-17(4)30;1-2-4-6-9-7-8(9)5-3-1;1-2;;;;;/h6-9,15-16,20,25H,10-14H2,1-5H3,(H,26,32)(H,27,31)(H,28,33)(H,29,34);8-9H,3-7H2;1-2H3;5*1H/t16-,20-;8-,9?;;;;;;/m00....../s1. The van der Waals surface area contributed by atoms with Crippen molar-refractivity contribution in [3.8, 4) is 11.8 Å². The van der Waals surface area contributed by atoms with E-state index in [1.807, 2.05) is 18.6 Å². The van der Waals surface area contributed by atoms with Gasteiger partial charge in [-0.15, -0.1) is 11.8 Å². The Kier molecular flexibility index (Phi) is 21.7. The van der Waals surface area contributed by atoms with Crippen molar-refractivity contribution in [3.63, 3.8) is 0 Å². The van der Waals surface area contributed by atoms with Crippen LogP contribution in [0.1, 0.15) is 86.3 Å². The molecule has 0 bridgehead atoms. The summed E-state index contributed by atoms with van der Waals surface area (Å²) in [5.41, 5.74) is 1.21. The number of esters is 1. The Morgan fingerprint density at radius 2 is 1.48 bits per heavy atom. The van der Waals surface area contributed by atoms with Crippen LogP contribution in [0.25, 0.3) is 0 Å². The summed E-state index contributed by atoms with van der Waals surface area (Å²) in [7, 11) is -3.08. The predicted molar refractivity (Wildman–Crippen MR) is 204 cm³/mol. The fraction of sp³-hybridized carbons (Fsp3) is 0.629. The second-order valence-corrected chi connectivity index (χ2v) is 13.5. The number of carbonyl (C=O) groups is 5. The molecule has 0 aliphatic heterocycles. The molecule has 0 aromatic heterocycles. The molecule has 2 aliphatic rings. The Labute approximate surface area is 314 Å². The van der Waals surface area contributed by atoms with Crippen LogP contribution >= 0.6 is 0 Å². The van der Waals surface area contributed by atoms with Crippen molar-refractivity contribution in [2.24, 2.45) is 17.8 Å². The van der Waals surface area contributed by atoms with E-state index in [0.29, 0.717) is 5.69 Å². The Hall–Kier alpha value is -4.40. The molecule has 302 valence electrons. The molecular formula is C35H65N5O11S. The van der Waals surface area contributed by atoms with Crippen molar-refractivity contribution in [3.05, 3.63) is 29.8 Å². The molecule has 0 radical (unpaired) electrons. The molecule has 1 saturated carbocycles. The summed E-state index contributed by atoms with van der Waals surface area (Å²) in [5, 5.41) is 7.66. The average molecular weight is 764 g/mol. The number of benzene rings is 1. The second-order valence-electron chi connectivity index (χ2n) is 12.0. The van der Waals surface area contributed by atoms with Crippen LogP contribution in [0.15, 0.2) is 24.3 Å². The summed E-state index contributed by atoms with van der Waals surface area (Å²) >= 11 is 0. The van der Waals surface area contributed by atoms with Gasteiger partial charge in [0, 0.05) is 39.1 Å². The minimum Gasteiger partial charge on any atom is -0.461 e. The van der Waals surface area contributed by atoms with Crippen LogP contribution in [0.3, 0.4) is 0 Å². The largest absolute Gasteiger partial charge is 0.461 e. The normalized spacial score (nSPS) is 16.7. The molecule has 16 nitrogen and oxygen atoms in total. The molecule has 0 saturated heterocycles. The van der Waals surface area contributed by atoms with Gasteiger partial charge < -0.3 is 34.9 Å². The number of carbonyl (C=O) groups excluding carboxylic acids is 5. The molecule has 52 heavy (non-hydrogen) atoms. The van der Waals surface area contributed by atoms with Crippen molar-refractivity contribution < 1.29 is 58.5 Å². The first-order valence-corrected chi connectivity index (χ1v) is 18.8. The zero-order valence-electron chi connectivity index (χ0n) is 31.2. The SMILES string of the molecule is C1#CCC[C@H]2CC2CC1.CC.COC(=O)NS(=O)(=O)NCCOCCOC(=O)N[C@H](C(=O)N[C@@H](C)C(=O)Nc1ccc(COC(C)=O)cc1)C(C)C.[HH].[HH].[HH].[HH].[HH]. The number of fused-ring (bicyclic) bond motifs is 1. The topological polar surface area (TPSA) is 217 Å². The van der Waals surface area contributed by atoms with Crippen molar-refractivity contribution in [1.29, 1.82) is 0 Å². The summed E-state index contributed by atoms with van der Waals surface area (Å²) in [6, 6.07) is 4.69. The summed E-state index contributed by atoms with van der Waals surface area (Å²) in [5.74, 6) is 6.72. The van der Waals surface area contributed by atoms with Crippen molar-refractivity contribution in [2.75, 3.05) is 38.8 Å². The van der Waals surface area contributed by atoms with E-state index in [1.54, 1.807) is 42.8 Å². The first-order chi connectivity index (χ1) is 24.7. The number of methoxy groups -OCH3 is 1. The molecule has 1 unspecified atom stereocenters. The van der Waals surface area contributed by atoms with Gasteiger partial charge in [-0.2, -0.15) is 13.1 Å². The molecule has 0 spiro atoms. The number of rotatable bonds is 16. The molecule has 17 heteroatoms. The van der Waals surface area contributed by atoms with Crippen LogP contribution in [0.4, 0.5) is 15.3 Å². The Balaban J connectivity index is -0.000000483. The smallest absolute Gasteiger partial charge is 0.421 e. The minimum absolute atomic E-state index is 0. The molecule has 3 rings (SSSR count). The Morgan fingerprint density at radius 1 is 0.865 bits per heavy atom. The van der Waals surface area contributed by atoms with E-state index < -0.39 is 52.3 Å². The highest BCUT2D eigenvalue weighted by molar-refractivity contribution is 7.88. The van der Waals surface area contributed by atoms with Gasteiger partial charge in [0.05, 0.1) is 20.3 Å². The Bertz CT molecular complexity index is 1470. The van der Waals surface area contributed by atoms with Gasteiger partial charge >= 0.3 is 28.4 Å². The van der Waals surface area contributed by atoms with Crippen LogP contribution in [0.5, 0.6) is 0 Å². The fourth-order valence-electron chi connectivity index (χ4n) is 4.63. The van der Waals surface area contributed by atoms with E-state index in [1.165, 1.54) is 46.0 Å². The van der Waals surface area contributed by atoms with Gasteiger partial charge in [0.1, 0.15) is 25.3 Å². The van der Waals surface area contributed by atoms with Gasteiger partial charge in [-0.05, 0) is 61.6 Å². The number of anilines is 1. The van der Waals surface area contributed by atoms with E-state index >= 15 is 0 Å². The average Bonchev–Trinajstić information content (AvgIpc) is 3.83. The van der Waals surface area contributed by atoms with Crippen LogP contribution in [-0.2, 0) is 50.1 Å². The van der Waals surface area contributed by atoms with Gasteiger partial charge in [-0.3, -0.25) is 14.4 Å². The molecule has 4 amide bonds. The van der Waals surface area contributed by atoms with Gasteiger partial charge in [0.25, 0.3) is 0 Å². The maximum Gasteiger partial charge on any atom is 0.421 e. The summed E-state index contributed by atoms with van der Waals surface area (Å²) < 4.78 is 45.9. The van der Waals surface area contributed by atoms with Crippen molar-refractivity contribution in [2.45, 2.75) is 92.3 Å². The van der Waals surface area contributed by atoms with Crippen molar-refractivity contribution in [1.82, 2.24) is 20.1 Å². The molecule has 1 aromatic rings. The highest BCUT2D eigenvalue weighted by Crippen LogP contribution is 2.45. The van der Waals surface area contributed by atoms with Crippen LogP contribution < -0.4 is 25.4 Å². The maximum absolute atomic E-state index is 12.8. The Morgan fingerprint density at radius 3 is 2.04 bits per heavy atom. The molecule has 4 atom stereocenters. The third-order valence-electron chi connectivity index (χ3n) is 7.51. The first kappa shape index (κ1) is 45.6.